The lowest BCUT2D eigenvalue weighted by atomic mass is 10.0. The molecule has 9 nitrogen and oxygen atoms in total. The zero-order valence-electron chi connectivity index (χ0n) is 15.1. The largest absolute Gasteiger partial charge is 0.456 e. The molecular weight excluding hydrogens is 360 g/mol. The fourth-order valence-electron chi connectivity index (χ4n) is 2.56. The van der Waals surface area contributed by atoms with Crippen molar-refractivity contribution in [1.29, 1.82) is 0 Å². The van der Waals surface area contributed by atoms with Gasteiger partial charge >= 0.3 is 23.9 Å². The molecule has 1 fully saturated rings. The number of carbonyl (C=O) groups excluding carboxylic acids is 4. The highest BCUT2D eigenvalue weighted by molar-refractivity contribution is 5.89. The minimum absolute atomic E-state index is 0.220. The normalized spacial score (nSPS) is 24.4. The van der Waals surface area contributed by atoms with E-state index in [4.69, 9.17) is 23.7 Å². The highest BCUT2D eigenvalue weighted by Gasteiger charge is 2.48. The number of rotatable bonds is 5. The molecule has 0 radical (unpaired) electrons. The third-order valence-corrected chi connectivity index (χ3v) is 3.54. The van der Waals surface area contributed by atoms with Crippen LogP contribution in [-0.2, 0) is 38.1 Å². The first-order valence-electron chi connectivity index (χ1n) is 8.17. The maximum absolute atomic E-state index is 12.3. The van der Waals surface area contributed by atoms with Gasteiger partial charge in [-0.05, 0) is 12.1 Å². The second-order valence-corrected chi connectivity index (χ2v) is 5.77. The third-order valence-electron chi connectivity index (χ3n) is 3.54. The maximum Gasteiger partial charge on any atom is 0.340 e. The first-order chi connectivity index (χ1) is 12.8. The molecule has 0 spiro atoms. The summed E-state index contributed by atoms with van der Waals surface area (Å²) >= 11 is 0. The highest BCUT2D eigenvalue weighted by Crippen LogP contribution is 2.26. The van der Waals surface area contributed by atoms with Crippen LogP contribution in [0.15, 0.2) is 30.3 Å². The summed E-state index contributed by atoms with van der Waals surface area (Å²) in [6.07, 6.45) is -4.88. The van der Waals surface area contributed by atoms with Gasteiger partial charge in [-0.25, -0.2) is 4.79 Å². The Morgan fingerprint density at radius 3 is 1.93 bits per heavy atom. The monoisotopic (exact) mass is 380 g/mol. The van der Waals surface area contributed by atoms with Gasteiger partial charge in [0.05, 0.1) is 12.2 Å². The van der Waals surface area contributed by atoms with Gasteiger partial charge in [-0.3, -0.25) is 14.4 Å². The summed E-state index contributed by atoms with van der Waals surface area (Å²) in [7, 11) is 0. The highest BCUT2D eigenvalue weighted by atomic mass is 16.7. The van der Waals surface area contributed by atoms with Gasteiger partial charge in [-0.1, -0.05) is 18.2 Å². The molecule has 1 aliphatic heterocycles. The van der Waals surface area contributed by atoms with Crippen LogP contribution in [0.2, 0.25) is 0 Å². The SMILES string of the molecule is CC(=O)OC1COC(OC(=O)c2ccccc2)C(OC(C)=O)C1OC(C)=O. The summed E-state index contributed by atoms with van der Waals surface area (Å²) in [5.41, 5.74) is 0.258. The van der Waals surface area contributed by atoms with E-state index in [0.29, 0.717) is 0 Å². The second kappa shape index (κ2) is 9.13. The number of ether oxygens (including phenoxy) is 5. The third kappa shape index (κ3) is 5.78. The number of hydrogen-bond acceptors (Lipinski definition) is 9. The molecule has 1 aromatic carbocycles. The van der Waals surface area contributed by atoms with Crippen molar-refractivity contribution in [3.63, 3.8) is 0 Å². The van der Waals surface area contributed by atoms with Gasteiger partial charge in [0.1, 0.15) is 0 Å². The Hall–Kier alpha value is -2.94. The average molecular weight is 380 g/mol. The molecule has 0 bridgehead atoms. The molecule has 4 unspecified atom stereocenters. The smallest absolute Gasteiger partial charge is 0.340 e. The average Bonchev–Trinajstić information content (AvgIpc) is 2.59. The van der Waals surface area contributed by atoms with Crippen molar-refractivity contribution in [2.75, 3.05) is 6.61 Å². The van der Waals surface area contributed by atoms with Crippen LogP contribution in [0.25, 0.3) is 0 Å². The molecule has 9 heteroatoms. The Labute approximate surface area is 155 Å². The predicted octanol–water partition coefficient (Wildman–Crippen LogP) is 0.995. The zero-order valence-corrected chi connectivity index (χ0v) is 15.1. The van der Waals surface area contributed by atoms with E-state index in [-0.39, 0.29) is 12.2 Å². The van der Waals surface area contributed by atoms with E-state index in [2.05, 4.69) is 0 Å². The summed E-state index contributed by atoms with van der Waals surface area (Å²) in [6.45, 7) is 3.24. The molecule has 1 aliphatic rings. The Bertz CT molecular complexity index is 700. The van der Waals surface area contributed by atoms with E-state index >= 15 is 0 Å². The Kier molecular flexibility index (Phi) is 6.89. The molecule has 0 amide bonds. The van der Waals surface area contributed by atoms with Gasteiger partial charge in [0, 0.05) is 20.8 Å². The molecule has 2 rings (SSSR count). The fourth-order valence-corrected chi connectivity index (χ4v) is 2.56. The van der Waals surface area contributed by atoms with Crippen LogP contribution in [0, 0.1) is 0 Å². The standard InChI is InChI=1S/C18H20O9/c1-10(19)24-14-9-23-18(27-17(22)13-7-5-4-6-8-13)16(26-12(3)21)15(14)25-11(2)20/h4-8,14-16,18H,9H2,1-3H3. The van der Waals surface area contributed by atoms with Crippen molar-refractivity contribution in [3.8, 4) is 0 Å². The van der Waals surface area contributed by atoms with E-state index in [1.165, 1.54) is 19.1 Å². The second-order valence-electron chi connectivity index (χ2n) is 5.77. The van der Waals surface area contributed by atoms with Gasteiger partial charge in [0.25, 0.3) is 0 Å². The number of esters is 4. The summed E-state index contributed by atoms with van der Waals surface area (Å²) in [6, 6.07) is 8.12. The number of benzene rings is 1. The molecule has 0 saturated carbocycles. The van der Waals surface area contributed by atoms with Crippen molar-refractivity contribution in [3.05, 3.63) is 35.9 Å². The van der Waals surface area contributed by atoms with Crippen LogP contribution >= 0.6 is 0 Å². The predicted molar refractivity (Wildman–Crippen MR) is 88.3 cm³/mol. The number of carbonyl (C=O) groups is 4. The van der Waals surface area contributed by atoms with Crippen molar-refractivity contribution >= 4 is 23.9 Å². The minimum Gasteiger partial charge on any atom is -0.456 e. The van der Waals surface area contributed by atoms with Crippen molar-refractivity contribution in [2.24, 2.45) is 0 Å². The number of hydrogen-bond donors (Lipinski definition) is 0. The molecule has 27 heavy (non-hydrogen) atoms. The lowest BCUT2D eigenvalue weighted by Gasteiger charge is -2.39. The van der Waals surface area contributed by atoms with Crippen LogP contribution in [0.4, 0.5) is 0 Å². The van der Waals surface area contributed by atoms with Gasteiger partial charge in [0.2, 0.25) is 12.4 Å². The van der Waals surface area contributed by atoms with E-state index in [0.717, 1.165) is 13.8 Å². The molecule has 1 aromatic rings. The molecule has 1 saturated heterocycles. The lowest BCUT2D eigenvalue weighted by Crippen LogP contribution is -2.58. The zero-order chi connectivity index (χ0) is 20.0. The van der Waals surface area contributed by atoms with Gasteiger partial charge < -0.3 is 23.7 Å². The summed E-state index contributed by atoms with van der Waals surface area (Å²) in [4.78, 5) is 46.6. The molecular formula is C18H20O9. The maximum atomic E-state index is 12.3. The van der Waals surface area contributed by atoms with E-state index in [1.54, 1.807) is 18.2 Å². The minimum atomic E-state index is -1.35. The Balaban J connectivity index is 2.24. The Morgan fingerprint density at radius 1 is 0.815 bits per heavy atom. The molecule has 146 valence electrons. The van der Waals surface area contributed by atoms with Crippen molar-refractivity contribution in [1.82, 2.24) is 0 Å². The molecule has 4 atom stereocenters. The first kappa shape index (κ1) is 20.4. The van der Waals surface area contributed by atoms with Gasteiger partial charge in [-0.15, -0.1) is 0 Å². The van der Waals surface area contributed by atoms with Crippen molar-refractivity contribution < 1.29 is 42.9 Å². The first-order valence-corrected chi connectivity index (χ1v) is 8.17. The molecule has 1 heterocycles. The van der Waals surface area contributed by atoms with E-state index < -0.39 is 48.5 Å². The molecule has 0 aliphatic carbocycles. The quantitative estimate of drug-likeness (QED) is 0.545. The summed E-state index contributed by atoms with van der Waals surface area (Å²) in [5.74, 6) is -2.76. The van der Waals surface area contributed by atoms with E-state index in [9.17, 15) is 19.2 Å². The van der Waals surface area contributed by atoms with Crippen LogP contribution in [0.5, 0.6) is 0 Å². The fraction of sp³-hybridized carbons (Fsp3) is 0.444. The molecule has 0 aromatic heterocycles. The van der Waals surface area contributed by atoms with Gasteiger partial charge in [-0.2, -0.15) is 0 Å². The molecule has 0 N–H and O–H groups in total. The lowest BCUT2D eigenvalue weighted by molar-refractivity contribution is -0.266. The summed E-state index contributed by atoms with van der Waals surface area (Å²) in [5, 5.41) is 0. The summed E-state index contributed by atoms with van der Waals surface area (Å²) < 4.78 is 26.1. The van der Waals surface area contributed by atoms with Crippen LogP contribution in [0.1, 0.15) is 31.1 Å². The van der Waals surface area contributed by atoms with Crippen LogP contribution < -0.4 is 0 Å². The topological polar surface area (TPSA) is 114 Å². The Morgan fingerprint density at radius 2 is 1.37 bits per heavy atom. The van der Waals surface area contributed by atoms with Crippen LogP contribution in [0.3, 0.4) is 0 Å². The van der Waals surface area contributed by atoms with Crippen molar-refractivity contribution in [2.45, 2.75) is 45.4 Å². The van der Waals surface area contributed by atoms with Gasteiger partial charge in [0.15, 0.2) is 12.2 Å². The van der Waals surface area contributed by atoms with Crippen LogP contribution in [-0.4, -0.2) is 55.1 Å². The van der Waals surface area contributed by atoms with E-state index in [1.807, 2.05) is 0 Å².